The van der Waals surface area contributed by atoms with Gasteiger partial charge < -0.3 is 10.1 Å². The summed E-state index contributed by atoms with van der Waals surface area (Å²) in [5.41, 5.74) is 2.37. The number of benzene rings is 3. The molecule has 136 valence electrons. The van der Waals surface area contributed by atoms with Crippen molar-refractivity contribution in [1.82, 2.24) is 0 Å². The van der Waals surface area contributed by atoms with Gasteiger partial charge in [-0.25, -0.2) is 9.18 Å². The molecule has 0 aromatic heterocycles. The first kappa shape index (κ1) is 18.3. The Labute approximate surface area is 156 Å². The van der Waals surface area contributed by atoms with Crippen molar-refractivity contribution in [3.8, 4) is 0 Å². The summed E-state index contributed by atoms with van der Waals surface area (Å²) in [7, 11) is 0. The van der Waals surface area contributed by atoms with Crippen LogP contribution in [0.1, 0.15) is 27.6 Å². The highest BCUT2D eigenvalue weighted by Crippen LogP contribution is 2.22. The topological polar surface area (TPSA) is 55.4 Å². The van der Waals surface area contributed by atoms with Crippen molar-refractivity contribution in [2.24, 2.45) is 0 Å². The quantitative estimate of drug-likeness (QED) is 0.670. The van der Waals surface area contributed by atoms with E-state index in [0.717, 1.165) is 5.56 Å². The van der Waals surface area contributed by atoms with Gasteiger partial charge in [0.2, 0.25) is 6.10 Å². The van der Waals surface area contributed by atoms with Gasteiger partial charge in [-0.3, -0.25) is 4.79 Å². The highest BCUT2D eigenvalue weighted by Gasteiger charge is 2.25. The maximum atomic E-state index is 13.1. The van der Waals surface area contributed by atoms with E-state index in [9.17, 15) is 14.0 Å². The lowest BCUT2D eigenvalue weighted by Crippen LogP contribution is -2.26. The van der Waals surface area contributed by atoms with E-state index in [1.165, 1.54) is 24.3 Å². The second kappa shape index (κ2) is 8.27. The number of halogens is 1. The molecule has 0 bridgehead atoms. The van der Waals surface area contributed by atoms with E-state index in [4.69, 9.17) is 4.74 Å². The van der Waals surface area contributed by atoms with Crippen LogP contribution in [0, 0.1) is 12.7 Å². The second-order valence-electron chi connectivity index (χ2n) is 6.06. The molecule has 0 aliphatic heterocycles. The summed E-state index contributed by atoms with van der Waals surface area (Å²) in [6.45, 7) is 1.95. The molecule has 1 N–H and O–H groups in total. The molecule has 0 radical (unpaired) electrons. The molecule has 0 spiro atoms. The lowest BCUT2D eigenvalue weighted by atomic mass is 10.1. The molecule has 0 saturated heterocycles. The largest absolute Gasteiger partial charge is 0.444 e. The van der Waals surface area contributed by atoms with E-state index < -0.39 is 23.8 Å². The van der Waals surface area contributed by atoms with E-state index >= 15 is 0 Å². The number of rotatable bonds is 5. The van der Waals surface area contributed by atoms with Crippen LogP contribution >= 0.6 is 0 Å². The smallest absolute Gasteiger partial charge is 0.339 e. The maximum Gasteiger partial charge on any atom is 0.339 e. The first-order chi connectivity index (χ1) is 13.0. The van der Waals surface area contributed by atoms with Crippen molar-refractivity contribution in [2.75, 3.05) is 5.32 Å². The number of aryl methyl sites for hydroxylation is 1. The van der Waals surface area contributed by atoms with Gasteiger partial charge in [-0.2, -0.15) is 0 Å². The number of ether oxygens (including phenoxy) is 1. The number of esters is 1. The molecule has 4 nitrogen and oxygen atoms in total. The number of carbonyl (C=O) groups excluding carboxylic acids is 2. The van der Waals surface area contributed by atoms with E-state index in [-0.39, 0.29) is 5.56 Å². The second-order valence-corrected chi connectivity index (χ2v) is 6.06. The fourth-order valence-corrected chi connectivity index (χ4v) is 2.51. The Morgan fingerprint density at radius 3 is 2.15 bits per heavy atom. The predicted octanol–water partition coefficient (Wildman–Crippen LogP) is 4.67. The molecule has 27 heavy (non-hydrogen) atoms. The molecule has 0 aliphatic rings. The zero-order valence-electron chi connectivity index (χ0n) is 14.7. The van der Waals surface area contributed by atoms with Crippen LogP contribution in [-0.2, 0) is 9.53 Å². The van der Waals surface area contributed by atoms with Crippen LogP contribution in [0.15, 0.2) is 78.9 Å². The number of amides is 1. The number of nitrogens with one attached hydrogen (secondary N) is 1. The fourth-order valence-electron chi connectivity index (χ4n) is 2.51. The maximum absolute atomic E-state index is 13.1. The molecular formula is C22H18FNO3. The molecule has 0 unspecified atom stereocenters. The minimum Gasteiger partial charge on any atom is -0.444 e. The summed E-state index contributed by atoms with van der Waals surface area (Å²) < 4.78 is 18.5. The van der Waals surface area contributed by atoms with Crippen LogP contribution in [0.4, 0.5) is 10.1 Å². The Hall–Kier alpha value is -3.47. The molecule has 3 aromatic carbocycles. The van der Waals surface area contributed by atoms with Gasteiger partial charge in [0.15, 0.2) is 0 Å². The average Bonchev–Trinajstić information content (AvgIpc) is 2.69. The summed E-state index contributed by atoms with van der Waals surface area (Å²) >= 11 is 0. The van der Waals surface area contributed by atoms with E-state index in [1.807, 2.05) is 19.1 Å². The van der Waals surface area contributed by atoms with Gasteiger partial charge in [-0.05, 0) is 43.3 Å². The van der Waals surface area contributed by atoms with Gasteiger partial charge in [0, 0.05) is 11.3 Å². The van der Waals surface area contributed by atoms with Crippen LogP contribution in [-0.4, -0.2) is 11.9 Å². The van der Waals surface area contributed by atoms with Crippen LogP contribution in [0.2, 0.25) is 0 Å². The molecule has 1 atom stereocenters. The standard InChI is InChI=1S/C22H18FNO3/c1-15-7-13-19(14-8-15)24-21(25)20(16-5-3-2-4-6-16)27-22(26)17-9-11-18(23)12-10-17/h2-14,20H,1H3,(H,24,25)/t20-/m0/s1. The van der Waals surface area contributed by atoms with Crippen LogP contribution in [0.3, 0.4) is 0 Å². The first-order valence-corrected chi connectivity index (χ1v) is 8.42. The minimum absolute atomic E-state index is 0.167. The van der Waals surface area contributed by atoms with Crippen molar-refractivity contribution in [3.63, 3.8) is 0 Å². The number of carbonyl (C=O) groups is 2. The summed E-state index contributed by atoms with van der Waals surface area (Å²) in [6, 6.07) is 21.0. The van der Waals surface area contributed by atoms with Crippen molar-refractivity contribution in [2.45, 2.75) is 13.0 Å². The van der Waals surface area contributed by atoms with Gasteiger partial charge in [0.1, 0.15) is 5.82 Å². The third kappa shape index (κ3) is 4.79. The summed E-state index contributed by atoms with van der Waals surface area (Å²) in [6.07, 6.45) is -1.13. The monoisotopic (exact) mass is 363 g/mol. The average molecular weight is 363 g/mol. The van der Waals surface area contributed by atoms with Gasteiger partial charge >= 0.3 is 5.97 Å². The Bertz CT molecular complexity index is 922. The SMILES string of the molecule is Cc1ccc(NC(=O)[C@@H](OC(=O)c2ccc(F)cc2)c2ccccc2)cc1. The van der Waals surface area contributed by atoms with Crippen molar-refractivity contribution < 1.29 is 18.7 Å². The summed E-state index contributed by atoms with van der Waals surface area (Å²) in [5.74, 6) is -1.63. The molecule has 1 amide bonds. The van der Waals surface area contributed by atoms with Gasteiger partial charge in [-0.1, -0.05) is 48.0 Å². The molecule has 3 rings (SSSR count). The Morgan fingerprint density at radius 1 is 0.889 bits per heavy atom. The van der Waals surface area contributed by atoms with E-state index in [0.29, 0.717) is 11.3 Å². The Morgan fingerprint density at radius 2 is 1.52 bits per heavy atom. The zero-order valence-corrected chi connectivity index (χ0v) is 14.7. The normalized spacial score (nSPS) is 11.5. The highest BCUT2D eigenvalue weighted by atomic mass is 19.1. The zero-order chi connectivity index (χ0) is 19.2. The van der Waals surface area contributed by atoms with Crippen molar-refractivity contribution in [1.29, 1.82) is 0 Å². The number of hydrogen-bond acceptors (Lipinski definition) is 3. The Balaban J connectivity index is 1.82. The van der Waals surface area contributed by atoms with Crippen molar-refractivity contribution >= 4 is 17.6 Å². The van der Waals surface area contributed by atoms with Crippen LogP contribution < -0.4 is 5.32 Å². The molecule has 0 fully saturated rings. The molecule has 3 aromatic rings. The third-order valence-corrected chi connectivity index (χ3v) is 3.96. The fraction of sp³-hybridized carbons (Fsp3) is 0.0909. The summed E-state index contributed by atoms with van der Waals surface area (Å²) in [4.78, 5) is 25.2. The molecule has 0 heterocycles. The van der Waals surface area contributed by atoms with Crippen LogP contribution in [0.25, 0.3) is 0 Å². The molecular weight excluding hydrogens is 345 g/mol. The minimum atomic E-state index is -1.13. The first-order valence-electron chi connectivity index (χ1n) is 8.42. The van der Waals surface area contributed by atoms with E-state index in [2.05, 4.69) is 5.32 Å². The number of hydrogen-bond donors (Lipinski definition) is 1. The third-order valence-electron chi connectivity index (χ3n) is 3.96. The van der Waals surface area contributed by atoms with Gasteiger partial charge in [0.05, 0.1) is 5.56 Å². The molecule has 0 aliphatic carbocycles. The Kier molecular flexibility index (Phi) is 5.61. The lowest BCUT2D eigenvalue weighted by molar-refractivity contribution is -0.125. The van der Waals surface area contributed by atoms with E-state index in [1.54, 1.807) is 42.5 Å². The molecule has 0 saturated carbocycles. The molecule has 5 heteroatoms. The predicted molar refractivity (Wildman–Crippen MR) is 101 cm³/mol. The number of anilines is 1. The van der Waals surface area contributed by atoms with Crippen molar-refractivity contribution in [3.05, 3.63) is 101 Å². The van der Waals surface area contributed by atoms with Gasteiger partial charge in [-0.15, -0.1) is 0 Å². The highest BCUT2D eigenvalue weighted by molar-refractivity contribution is 5.98. The van der Waals surface area contributed by atoms with Crippen LogP contribution in [0.5, 0.6) is 0 Å². The lowest BCUT2D eigenvalue weighted by Gasteiger charge is -2.18. The summed E-state index contributed by atoms with van der Waals surface area (Å²) in [5, 5.41) is 2.76. The van der Waals surface area contributed by atoms with Gasteiger partial charge in [0.25, 0.3) is 5.91 Å².